The molecule has 0 atom stereocenters. The van der Waals surface area contributed by atoms with Crippen LogP contribution in [0.3, 0.4) is 0 Å². The van der Waals surface area contributed by atoms with Gasteiger partial charge in [0.2, 0.25) is 5.78 Å². The molecule has 0 aliphatic carbocycles. The van der Waals surface area contributed by atoms with Crippen molar-refractivity contribution in [2.75, 3.05) is 13.1 Å². The molecule has 1 aliphatic rings. The Morgan fingerprint density at radius 2 is 2.00 bits per heavy atom. The molecule has 2 rings (SSSR count). The van der Waals surface area contributed by atoms with E-state index in [1.165, 1.54) is 19.3 Å². The van der Waals surface area contributed by atoms with Crippen LogP contribution in [0.25, 0.3) is 0 Å². The summed E-state index contributed by atoms with van der Waals surface area (Å²) in [6, 6.07) is 3.51. The Kier molecular flexibility index (Phi) is 3.15. The Labute approximate surface area is 96.4 Å². The molecule has 2 heterocycles. The molecule has 16 heavy (non-hydrogen) atoms. The molecule has 1 saturated heterocycles. The topological polar surface area (TPSA) is 33.5 Å². The van der Waals surface area contributed by atoms with Crippen LogP contribution in [0.5, 0.6) is 0 Å². The Bertz CT molecular complexity index is 348. The zero-order valence-electron chi connectivity index (χ0n) is 10.0. The predicted octanol–water partition coefficient (Wildman–Crippen LogP) is 2.73. The Morgan fingerprint density at radius 1 is 1.31 bits per heavy atom. The van der Waals surface area contributed by atoms with Gasteiger partial charge >= 0.3 is 0 Å². The third-order valence-electron chi connectivity index (χ3n) is 3.45. The number of carbonyl (C=O) groups is 1. The fourth-order valence-electron chi connectivity index (χ4n) is 2.31. The number of nitrogens with zero attached hydrogens (tertiary/aromatic N) is 1. The monoisotopic (exact) mass is 221 g/mol. The zero-order valence-corrected chi connectivity index (χ0v) is 10.0. The first-order valence-electron chi connectivity index (χ1n) is 5.96. The van der Waals surface area contributed by atoms with Gasteiger partial charge in [-0.2, -0.15) is 0 Å². The van der Waals surface area contributed by atoms with Crippen molar-refractivity contribution in [3.63, 3.8) is 0 Å². The van der Waals surface area contributed by atoms with E-state index in [0.717, 1.165) is 13.1 Å². The lowest BCUT2D eigenvalue weighted by Gasteiger charge is -2.39. The molecular formula is C13H19NO2. The third-order valence-corrected chi connectivity index (χ3v) is 3.45. The Morgan fingerprint density at radius 3 is 2.56 bits per heavy atom. The summed E-state index contributed by atoms with van der Waals surface area (Å²) in [7, 11) is 0. The first-order valence-corrected chi connectivity index (χ1v) is 5.96. The van der Waals surface area contributed by atoms with Crippen molar-refractivity contribution >= 4 is 5.78 Å². The van der Waals surface area contributed by atoms with Gasteiger partial charge in [0.05, 0.1) is 11.8 Å². The first kappa shape index (κ1) is 11.4. The summed E-state index contributed by atoms with van der Waals surface area (Å²) < 4.78 is 5.20. The molecule has 3 heteroatoms. The zero-order chi connectivity index (χ0) is 11.6. The number of piperidine rings is 1. The van der Waals surface area contributed by atoms with Gasteiger partial charge in [-0.05, 0) is 51.9 Å². The second-order valence-corrected chi connectivity index (χ2v) is 4.91. The van der Waals surface area contributed by atoms with E-state index >= 15 is 0 Å². The van der Waals surface area contributed by atoms with Crippen molar-refractivity contribution in [2.45, 2.75) is 38.6 Å². The minimum absolute atomic E-state index is 0.0828. The SMILES string of the molecule is CC(C)(C(=O)c1ccco1)N1CCCCC1. The lowest BCUT2D eigenvalue weighted by atomic mass is 9.92. The highest BCUT2D eigenvalue weighted by atomic mass is 16.3. The van der Waals surface area contributed by atoms with Gasteiger partial charge in [-0.3, -0.25) is 9.69 Å². The normalized spacial score (nSPS) is 18.6. The summed E-state index contributed by atoms with van der Waals surface area (Å²) in [4.78, 5) is 14.6. The third kappa shape index (κ3) is 2.05. The highest BCUT2D eigenvalue weighted by Crippen LogP contribution is 2.24. The molecule has 0 radical (unpaired) electrons. The number of likely N-dealkylation sites (tertiary alicyclic amines) is 1. The number of rotatable bonds is 3. The lowest BCUT2D eigenvalue weighted by molar-refractivity contribution is 0.0551. The summed E-state index contributed by atoms with van der Waals surface area (Å²) in [6.45, 7) is 6.01. The standard InChI is InChI=1S/C13H19NO2/c1-13(2,14-8-4-3-5-9-14)12(15)11-7-6-10-16-11/h6-7,10H,3-5,8-9H2,1-2H3. The van der Waals surface area contributed by atoms with Crippen molar-refractivity contribution in [1.82, 2.24) is 4.90 Å². The molecule has 0 unspecified atom stereocenters. The van der Waals surface area contributed by atoms with Gasteiger partial charge in [0.25, 0.3) is 0 Å². The summed E-state index contributed by atoms with van der Waals surface area (Å²) >= 11 is 0. The maximum atomic E-state index is 12.3. The van der Waals surface area contributed by atoms with Gasteiger partial charge in [-0.1, -0.05) is 6.42 Å². The largest absolute Gasteiger partial charge is 0.461 e. The average Bonchev–Trinajstić information content (AvgIpc) is 2.82. The van der Waals surface area contributed by atoms with E-state index in [-0.39, 0.29) is 5.78 Å². The lowest BCUT2D eigenvalue weighted by Crippen LogP contribution is -2.52. The average molecular weight is 221 g/mol. The van der Waals surface area contributed by atoms with Gasteiger partial charge in [0.1, 0.15) is 0 Å². The van der Waals surface area contributed by atoms with E-state index in [1.807, 2.05) is 13.8 Å². The van der Waals surface area contributed by atoms with Gasteiger partial charge in [-0.15, -0.1) is 0 Å². The molecule has 0 spiro atoms. The number of furan rings is 1. The Hall–Kier alpha value is -1.09. The predicted molar refractivity (Wildman–Crippen MR) is 62.5 cm³/mol. The summed E-state index contributed by atoms with van der Waals surface area (Å²) in [6.07, 6.45) is 5.21. The number of carbonyl (C=O) groups excluding carboxylic acids is 1. The molecule has 0 amide bonds. The van der Waals surface area contributed by atoms with Gasteiger partial charge in [0, 0.05) is 0 Å². The number of hydrogen-bond acceptors (Lipinski definition) is 3. The smallest absolute Gasteiger partial charge is 0.217 e. The molecule has 3 nitrogen and oxygen atoms in total. The summed E-state index contributed by atoms with van der Waals surface area (Å²) in [5.74, 6) is 0.551. The second-order valence-electron chi connectivity index (χ2n) is 4.91. The molecular weight excluding hydrogens is 202 g/mol. The van der Waals surface area contributed by atoms with Crippen LogP contribution in [0.15, 0.2) is 22.8 Å². The van der Waals surface area contributed by atoms with E-state index in [4.69, 9.17) is 4.42 Å². The molecule has 1 aromatic rings. The van der Waals surface area contributed by atoms with Crippen LogP contribution < -0.4 is 0 Å². The summed E-state index contributed by atoms with van der Waals surface area (Å²) in [5.41, 5.74) is -0.446. The van der Waals surface area contributed by atoms with Crippen LogP contribution in [-0.4, -0.2) is 29.3 Å². The van der Waals surface area contributed by atoms with Gasteiger partial charge in [0.15, 0.2) is 5.76 Å². The van der Waals surface area contributed by atoms with Crippen LogP contribution in [0.4, 0.5) is 0 Å². The maximum Gasteiger partial charge on any atom is 0.217 e. The minimum Gasteiger partial charge on any atom is -0.461 e. The van der Waals surface area contributed by atoms with E-state index in [9.17, 15) is 4.79 Å². The van der Waals surface area contributed by atoms with Crippen LogP contribution in [0, 0.1) is 0 Å². The molecule has 1 aliphatic heterocycles. The van der Waals surface area contributed by atoms with Crippen molar-refractivity contribution in [3.8, 4) is 0 Å². The molecule has 0 saturated carbocycles. The minimum atomic E-state index is -0.446. The highest BCUT2D eigenvalue weighted by Gasteiger charge is 2.36. The van der Waals surface area contributed by atoms with E-state index < -0.39 is 5.54 Å². The van der Waals surface area contributed by atoms with E-state index in [2.05, 4.69) is 4.90 Å². The Balaban J connectivity index is 2.14. The molecule has 1 fully saturated rings. The highest BCUT2D eigenvalue weighted by molar-refractivity contribution is 6.00. The summed E-state index contributed by atoms with van der Waals surface area (Å²) in [5, 5.41) is 0. The van der Waals surface area contributed by atoms with Crippen LogP contribution in [-0.2, 0) is 0 Å². The first-order chi connectivity index (χ1) is 7.62. The van der Waals surface area contributed by atoms with Crippen molar-refractivity contribution in [1.29, 1.82) is 0 Å². The van der Waals surface area contributed by atoms with Crippen molar-refractivity contribution in [3.05, 3.63) is 24.2 Å². The van der Waals surface area contributed by atoms with Crippen LogP contribution in [0.1, 0.15) is 43.7 Å². The van der Waals surface area contributed by atoms with Crippen LogP contribution >= 0.6 is 0 Å². The van der Waals surface area contributed by atoms with E-state index in [1.54, 1.807) is 18.4 Å². The van der Waals surface area contributed by atoms with Crippen LogP contribution in [0.2, 0.25) is 0 Å². The molecule has 0 aromatic carbocycles. The molecule has 88 valence electrons. The van der Waals surface area contributed by atoms with Gasteiger partial charge < -0.3 is 4.42 Å². The number of ketones is 1. The van der Waals surface area contributed by atoms with E-state index in [0.29, 0.717) is 5.76 Å². The fourth-order valence-corrected chi connectivity index (χ4v) is 2.31. The number of Topliss-reactive ketones (excluding diaryl/α,β-unsaturated/α-hetero) is 1. The van der Waals surface area contributed by atoms with Gasteiger partial charge in [-0.25, -0.2) is 0 Å². The quantitative estimate of drug-likeness (QED) is 0.736. The number of hydrogen-bond donors (Lipinski definition) is 0. The van der Waals surface area contributed by atoms with Crippen molar-refractivity contribution < 1.29 is 9.21 Å². The fraction of sp³-hybridized carbons (Fsp3) is 0.615. The van der Waals surface area contributed by atoms with Crippen molar-refractivity contribution in [2.24, 2.45) is 0 Å². The molecule has 0 N–H and O–H groups in total. The maximum absolute atomic E-state index is 12.3. The second kappa shape index (κ2) is 4.42. The molecule has 1 aromatic heterocycles. The molecule has 0 bridgehead atoms.